The highest BCUT2D eigenvalue weighted by Gasteiger charge is 2.44. The van der Waals surface area contributed by atoms with Crippen LogP contribution in [0.2, 0.25) is 0 Å². The molecule has 1 atom stereocenters. The molecule has 0 aromatic rings. The van der Waals surface area contributed by atoms with Crippen LogP contribution in [-0.2, 0) is 14.3 Å². The van der Waals surface area contributed by atoms with E-state index in [1.54, 1.807) is 0 Å². The van der Waals surface area contributed by atoms with Crippen molar-refractivity contribution in [2.75, 3.05) is 6.61 Å². The second kappa shape index (κ2) is 5.90. The van der Waals surface area contributed by atoms with Crippen LogP contribution in [0.25, 0.3) is 0 Å². The van der Waals surface area contributed by atoms with E-state index in [0.717, 1.165) is 25.7 Å². The third-order valence-corrected chi connectivity index (χ3v) is 4.53. The summed E-state index contributed by atoms with van der Waals surface area (Å²) in [7, 11) is 0. The maximum absolute atomic E-state index is 12.1. The molecule has 19 heavy (non-hydrogen) atoms. The fraction of sp³-hybridized carbons (Fsp3) is 0.857. The Labute approximate surface area is 113 Å². The third-order valence-electron chi connectivity index (χ3n) is 4.53. The number of aliphatic carboxylic acids is 1. The second-order valence-electron chi connectivity index (χ2n) is 5.73. The molecular formula is C14H23NO4. The zero-order valence-corrected chi connectivity index (χ0v) is 11.5. The average molecular weight is 269 g/mol. The van der Waals surface area contributed by atoms with Gasteiger partial charge in [-0.1, -0.05) is 13.3 Å². The number of carboxylic acids is 1. The van der Waals surface area contributed by atoms with Crippen molar-refractivity contribution in [2.24, 2.45) is 5.92 Å². The van der Waals surface area contributed by atoms with E-state index in [1.165, 1.54) is 0 Å². The Morgan fingerprint density at radius 3 is 2.47 bits per heavy atom. The van der Waals surface area contributed by atoms with Gasteiger partial charge in [0.15, 0.2) is 0 Å². The van der Waals surface area contributed by atoms with Crippen LogP contribution in [0.5, 0.6) is 0 Å². The van der Waals surface area contributed by atoms with Gasteiger partial charge in [-0.05, 0) is 44.4 Å². The first-order valence-electron chi connectivity index (χ1n) is 7.24. The first-order valence-corrected chi connectivity index (χ1v) is 7.24. The Morgan fingerprint density at radius 2 is 2.00 bits per heavy atom. The molecule has 1 saturated heterocycles. The molecule has 2 N–H and O–H groups in total. The molecule has 2 fully saturated rings. The first kappa shape index (κ1) is 14.3. The first-order chi connectivity index (χ1) is 9.07. The molecule has 1 saturated carbocycles. The Bertz CT molecular complexity index is 341. The fourth-order valence-electron chi connectivity index (χ4n) is 3.07. The van der Waals surface area contributed by atoms with Crippen molar-refractivity contribution >= 4 is 11.9 Å². The van der Waals surface area contributed by atoms with Gasteiger partial charge in [-0.3, -0.25) is 4.79 Å². The highest BCUT2D eigenvalue weighted by molar-refractivity contribution is 5.89. The minimum Gasteiger partial charge on any atom is -0.480 e. The molecular weight excluding hydrogens is 246 g/mol. The maximum atomic E-state index is 12.1. The molecule has 0 unspecified atom stereocenters. The summed E-state index contributed by atoms with van der Waals surface area (Å²) in [5.41, 5.74) is -1.07. The van der Waals surface area contributed by atoms with Gasteiger partial charge in [-0.15, -0.1) is 0 Å². The number of rotatable bonds is 4. The summed E-state index contributed by atoms with van der Waals surface area (Å²) in [5, 5.41) is 12.2. The molecule has 5 heteroatoms. The number of carboxylic acid groups (broad SMARTS) is 1. The van der Waals surface area contributed by atoms with E-state index < -0.39 is 17.6 Å². The number of ether oxygens (including phenoxy) is 1. The summed E-state index contributed by atoms with van der Waals surface area (Å²) in [5.74, 6) is -0.574. The Morgan fingerprint density at radius 1 is 1.32 bits per heavy atom. The molecule has 5 nitrogen and oxygen atoms in total. The van der Waals surface area contributed by atoms with Crippen LogP contribution < -0.4 is 5.32 Å². The third kappa shape index (κ3) is 3.08. The van der Waals surface area contributed by atoms with Gasteiger partial charge in [0.2, 0.25) is 5.91 Å². The van der Waals surface area contributed by atoms with Crippen molar-refractivity contribution in [1.82, 2.24) is 5.32 Å². The van der Waals surface area contributed by atoms with Crippen LogP contribution in [-0.4, -0.2) is 35.2 Å². The minimum absolute atomic E-state index is 0.255. The van der Waals surface area contributed by atoms with Crippen molar-refractivity contribution in [2.45, 2.75) is 63.5 Å². The summed E-state index contributed by atoms with van der Waals surface area (Å²) in [6, 6.07) is 0. The van der Waals surface area contributed by atoms with Gasteiger partial charge in [0.1, 0.15) is 11.6 Å². The number of hydrogen-bond acceptors (Lipinski definition) is 3. The number of nitrogens with one attached hydrogen (secondary N) is 1. The summed E-state index contributed by atoms with van der Waals surface area (Å²) in [6.45, 7) is 2.72. The van der Waals surface area contributed by atoms with Crippen LogP contribution in [0.15, 0.2) is 0 Å². The van der Waals surface area contributed by atoms with Gasteiger partial charge < -0.3 is 15.2 Å². The lowest BCUT2D eigenvalue weighted by molar-refractivity contribution is -0.151. The lowest BCUT2D eigenvalue weighted by Crippen LogP contribution is -2.58. The quantitative estimate of drug-likeness (QED) is 0.814. The van der Waals surface area contributed by atoms with Crippen molar-refractivity contribution < 1.29 is 19.4 Å². The summed E-state index contributed by atoms with van der Waals surface area (Å²) < 4.78 is 5.32. The smallest absolute Gasteiger partial charge is 0.329 e. The number of carbonyl (C=O) groups is 2. The monoisotopic (exact) mass is 269 g/mol. The largest absolute Gasteiger partial charge is 0.480 e. The fourth-order valence-corrected chi connectivity index (χ4v) is 3.07. The van der Waals surface area contributed by atoms with Crippen LogP contribution >= 0.6 is 0 Å². The minimum atomic E-state index is -1.07. The van der Waals surface area contributed by atoms with Crippen LogP contribution in [0, 0.1) is 5.92 Å². The normalized spacial score (nSPS) is 35.0. The van der Waals surface area contributed by atoms with Crippen LogP contribution in [0.1, 0.15) is 51.9 Å². The van der Waals surface area contributed by atoms with Gasteiger partial charge in [-0.2, -0.15) is 0 Å². The van der Waals surface area contributed by atoms with Gasteiger partial charge in [0.25, 0.3) is 0 Å². The molecule has 2 rings (SSSR count). The Balaban J connectivity index is 2.00. The molecule has 1 heterocycles. The second-order valence-corrected chi connectivity index (χ2v) is 5.73. The lowest BCUT2D eigenvalue weighted by Gasteiger charge is -2.37. The van der Waals surface area contributed by atoms with E-state index in [0.29, 0.717) is 31.8 Å². The molecule has 1 amide bonds. The maximum Gasteiger partial charge on any atom is 0.329 e. The van der Waals surface area contributed by atoms with E-state index in [9.17, 15) is 14.7 Å². The van der Waals surface area contributed by atoms with E-state index in [4.69, 9.17) is 4.74 Å². The van der Waals surface area contributed by atoms with Gasteiger partial charge in [0.05, 0.1) is 0 Å². The Kier molecular flexibility index (Phi) is 4.45. The van der Waals surface area contributed by atoms with Crippen molar-refractivity contribution in [3.8, 4) is 0 Å². The van der Waals surface area contributed by atoms with Gasteiger partial charge in [0, 0.05) is 6.61 Å². The lowest BCUT2D eigenvalue weighted by atomic mass is 9.75. The summed E-state index contributed by atoms with van der Waals surface area (Å²) in [4.78, 5) is 23.6. The predicted octanol–water partition coefficient (Wildman–Crippen LogP) is 1.71. The molecule has 2 aliphatic rings. The highest BCUT2D eigenvalue weighted by atomic mass is 16.5. The molecule has 108 valence electrons. The molecule has 0 radical (unpaired) electrons. The predicted molar refractivity (Wildman–Crippen MR) is 69.7 cm³/mol. The van der Waals surface area contributed by atoms with E-state index in [-0.39, 0.29) is 5.91 Å². The summed E-state index contributed by atoms with van der Waals surface area (Å²) >= 11 is 0. The molecule has 0 aromatic carbocycles. The van der Waals surface area contributed by atoms with Gasteiger partial charge >= 0.3 is 5.97 Å². The molecule has 0 aromatic heterocycles. The molecule has 1 aliphatic heterocycles. The summed E-state index contributed by atoms with van der Waals surface area (Å²) in [6.07, 6.45) is 4.98. The Hall–Kier alpha value is -1.10. The topological polar surface area (TPSA) is 75.6 Å². The molecule has 1 aliphatic carbocycles. The van der Waals surface area contributed by atoms with Gasteiger partial charge in [-0.25, -0.2) is 4.79 Å². The van der Waals surface area contributed by atoms with Crippen molar-refractivity contribution in [1.29, 1.82) is 0 Å². The van der Waals surface area contributed by atoms with Crippen LogP contribution in [0.4, 0.5) is 0 Å². The average Bonchev–Trinajstić information content (AvgIpc) is 2.93. The number of hydrogen-bond donors (Lipinski definition) is 2. The van der Waals surface area contributed by atoms with E-state index in [1.807, 2.05) is 0 Å². The van der Waals surface area contributed by atoms with Crippen LogP contribution in [0.3, 0.4) is 0 Å². The van der Waals surface area contributed by atoms with Crippen molar-refractivity contribution in [3.05, 3.63) is 0 Å². The number of carbonyl (C=O) groups excluding carboxylic acids is 1. The highest BCUT2D eigenvalue weighted by Crippen LogP contribution is 2.34. The SMILES string of the molecule is CCC1CCC(NC(=O)[C@H]2CCCO2)(C(=O)O)CC1. The molecule has 0 spiro atoms. The zero-order chi connectivity index (χ0) is 13.9. The zero-order valence-electron chi connectivity index (χ0n) is 11.5. The van der Waals surface area contributed by atoms with E-state index >= 15 is 0 Å². The van der Waals surface area contributed by atoms with E-state index in [2.05, 4.69) is 12.2 Å². The molecule has 0 bridgehead atoms. The number of amides is 1. The van der Waals surface area contributed by atoms with Crippen molar-refractivity contribution in [3.63, 3.8) is 0 Å². The standard InChI is InChI=1S/C14H23NO4/c1-2-10-5-7-14(8-6-10,13(17)18)15-12(16)11-4-3-9-19-11/h10-11H,2-9H2,1H3,(H,15,16)(H,17,18)/t10?,11-,14?/m1/s1.